The Morgan fingerprint density at radius 3 is 2.68 bits per heavy atom. The average molecular weight is 302 g/mol. The van der Waals surface area contributed by atoms with Crippen LogP contribution in [0.5, 0.6) is 0 Å². The third-order valence-electron chi connectivity index (χ3n) is 3.45. The lowest BCUT2D eigenvalue weighted by atomic mass is 10.0. The summed E-state index contributed by atoms with van der Waals surface area (Å²) in [7, 11) is 3.60. The van der Waals surface area contributed by atoms with E-state index in [4.69, 9.17) is 0 Å². The Morgan fingerprint density at radius 1 is 1.32 bits per heavy atom. The van der Waals surface area contributed by atoms with E-state index in [1.54, 1.807) is 13.4 Å². The molecule has 7 heteroatoms. The summed E-state index contributed by atoms with van der Waals surface area (Å²) in [5.74, 6) is 1.51. The van der Waals surface area contributed by atoms with E-state index in [9.17, 15) is 5.11 Å². The summed E-state index contributed by atoms with van der Waals surface area (Å²) >= 11 is 0. The van der Waals surface area contributed by atoms with E-state index >= 15 is 0 Å². The minimum atomic E-state index is 0.0228. The van der Waals surface area contributed by atoms with Crippen LogP contribution in [0.25, 0.3) is 0 Å². The number of hydrogen-bond donors (Lipinski definition) is 3. The second-order valence-corrected chi connectivity index (χ2v) is 4.95. The van der Waals surface area contributed by atoms with Gasteiger partial charge in [0.2, 0.25) is 0 Å². The standard InChI is InChI=1S/C15H22N6O/c1-16-15(18-9-14-20-19-11-21(14)2)17-8-13(10-22)12-6-4-3-5-7-12/h3-7,11,13,22H,8-10H2,1-2H3,(H2,16,17,18). The molecule has 0 amide bonds. The van der Waals surface area contributed by atoms with E-state index in [-0.39, 0.29) is 12.5 Å². The Hall–Kier alpha value is -2.41. The van der Waals surface area contributed by atoms with Crippen molar-refractivity contribution in [2.75, 3.05) is 20.2 Å². The highest BCUT2D eigenvalue weighted by Crippen LogP contribution is 2.13. The minimum Gasteiger partial charge on any atom is -0.396 e. The summed E-state index contributed by atoms with van der Waals surface area (Å²) in [6.45, 7) is 1.21. The largest absolute Gasteiger partial charge is 0.396 e. The van der Waals surface area contributed by atoms with Crippen LogP contribution in [0.4, 0.5) is 0 Å². The zero-order valence-electron chi connectivity index (χ0n) is 12.9. The second kappa shape index (κ2) is 8.14. The fraction of sp³-hybridized carbons (Fsp3) is 0.400. The van der Waals surface area contributed by atoms with Gasteiger partial charge in [-0.05, 0) is 5.56 Å². The van der Waals surface area contributed by atoms with Crippen LogP contribution in [0.3, 0.4) is 0 Å². The average Bonchev–Trinajstić information content (AvgIpc) is 2.97. The van der Waals surface area contributed by atoms with E-state index < -0.39 is 0 Å². The summed E-state index contributed by atoms with van der Waals surface area (Å²) in [5.41, 5.74) is 1.10. The van der Waals surface area contributed by atoms with Crippen LogP contribution in [0.2, 0.25) is 0 Å². The van der Waals surface area contributed by atoms with E-state index in [2.05, 4.69) is 25.8 Å². The molecule has 0 radical (unpaired) electrons. The van der Waals surface area contributed by atoms with Gasteiger partial charge in [0.05, 0.1) is 13.2 Å². The quantitative estimate of drug-likeness (QED) is 0.526. The fourth-order valence-electron chi connectivity index (χ4n) is 2.08. The van der Waals surface area contributed by atoms with Gasteiger partial charge in [-0.3, -0.25) is 4.99 Å². The van der Waals surface area contributed by atoms with Gasteiger partial charge in [-0.25, -0.2) is 0 Å². The maximum atomic E-state index is 9.56. The molecule has 1 heterocycles. The molecule has 0 spiro atoms. The molecule has 22 heavy (non-hydrogen) atoms. The number of benzene rings is 1. The molecular weight excluding hydrogens is 280 g/mol. The number of aliphatic hydroxyl groups excluding tert-OH is 1. The van der Waals surface area contributed by atoms with Crippen molar-refractivity contribution in [3.8, 4) is 0 Å². The molecule has 3 N–H and O–H groups in total. The normalized spacial score (nSPS) is 13.0. The van der Waals surface area contributed by atoms with Crippen molar-refractivity contribution < 1.29 is 5.11 Å². The molecule has 0 aliphatic rings. The van der Waals surface area contributed by atoms with Crippen molar-refractivity contribution in [2.24, 2.45) is 12.0 Å². The molecule has 1 aromatic heterocycles. The predicted molar refractivity (Wildman–Crippen MR) is 85.5 cm³/mol. The molecule has 0 aliphatic carbocycles. The number of aliphatic hydroxyl groups is 1. The molecule has 2 aromatic rings. The number of aryl methyl sites for hydroxylation is 1. The second-order valence-electron chi connectivity index (χ2n) is 4.95. The first-order valence-electron chi connectivity index (χ1n) is 7.17. The smallest absolute Gasteiger partial charge is 0.191 e. The Labute approximate surface area is 130 Å². The lowest BCUT2D eigenvalue weighted by Crippen LogP contribution is -2.39. The van der Waals surface area contributed by atoms with Crippen LogP contribution in [0.15, 0.2) is 41.7 Å². The van der Waals surface area contributed by atoms with Gasteiger partial charge in [0.25, 0.3) is 0 Å². The lowest BCUT2D eigenvalue weighted by Gasteiger charge is -2.18. The zero-order chi connectivity index (χ0) is 15.8. The lowest BCUT2D eigenvalue weighted by molar-refractivity contribution is 0.265. The molecule has 0 saturated heterocycles. The molecule has 1 atom stereocenters. The summed E-state index contributed by atoms with van der Waals surface area (Å²) in [6, 6.07) is 9.93. The minimum absolute atomic E-state index is 0.0228. The molecule has 0 aliphatic heterocycles. The van der Waals surface area contributed by atoms with E-state index in [1.807, 2.05) is 41.9 Å². The van der Waals surface area contributed by atoms with E-state index in [0.717, 1.165) is 11.4 Å². The third kappa shape index (κ3) is 4.29. The number of rotatable bonds is 6. The maximum absolute atomic E-state index is 9.56. The third-order valence-corrected chi connectivity index (χ3v) is 3.45. The molecule has 2 rings (SSSR count). The van der Waals surface area contributed by atoms with E-state index in [1.165, 1.54) is 0 Å². The highest BCUT2D eigenvalue weighted by atomic mass is 16.3. The summed E-state index contributed by atoms with van der Waals surface area (Å²) in [6.07, 6.45) is 1.66. The van der Waals surface area contributed by atoms with Crippen molar-refractivity contribution in [1.29, 1.82) is 0 Å². The first kappa shape index (κ1) is 16.0. The Balaban J connectivity index is 1.86. The Kier molecular flexibility index (Phi) is 5.91. The Bertz CT molecular complexity index is 595. The van der Waals surface area contributed by atoms with Crippen LogP contribution >= 0.6 is 0 Å². The van der Waals surface area contributed by atoms with Crippen molar-refractivity contribution in [3.63, 3.8) is 0 Å². The fourth-order valence-corrected chi connectivity index (χ4v) is 2.08. The molecule has 118 valence electrons. The molecule has 0 saturated carbocycles. The molecular formula is C15H22N6O. The summed E-state index contributed by atoms with van der Waals surface area (Å²) < 4.78 is 1.85. The number of nitrogens with zero attached hydrogens (tertiary/aromatic N) is 4. The zero-order valence-corrected chi connectivity index (χ0v) is 12.9. The summed E-state index contributed by atoms with van der Waals surface area (Å²) in [5, 5.41) is 23.8. The highest BCUT2D eigenvalue weighted by Gasteiger charge is 2.11. The van der Waals surface area contributed by atoms with Gasteiger partial charge < -0.3 is 20.3 Å². The van der Waals surface area contributed by atoms with Crippen molar-refractivity contribution >= 4 is 5.96 Å². The number of guanidine groups is 1. The first-order chi connectivity index (χ1) is 10.7. The number of nitrogens with one attached hydrogen (secondary N) is 2. The highest BCUT2D eigenvalue weighted by molar-refractivity contribution is 5.79. The van der Waals surface area contributed by atoms with E-state index in [0.29, 0.717) is 19.0 Å². The van der Waals surface area contributed by atoms with Gasteiger partial charge in [-0.1, -0.05) is 30.3 Å². The summed E-state index contributed by atoms with van der Waals surface area (Å²) in [4.78, 5) is 4.17. The first-order valence-corrected chi connectivity index (χ1v) is 7.17. The van der Waals surface area contributed by atoms with Gasteiger partial charge >= 0.3 is 0 Å². The molecule has 0 fully saturated rings. The van der Waals surface area contributed by atoms with Crippen LogP contribution in [0, 0.1) is 0 Å². The molecule has 7 nitrogen and oxygen atoms in total. The molecule has 1 aromatic carbocycles. The number of aromatic nitrogens is 3. The van der Waals surface area contributed by atoms with Gasteiger partial charge in [-0.2, -0.15) is 0 Å². The number of hydrogen-bond acceptors (Lipinski definition) is 4. The number of aliphatic imine (C=N–C) groups is 1. The predicted octanol–water partition coefficient (Wildman–Crippen LogP) is 0.256. The van der Waals surface area contributed by atoms with Crippen LogP contribution < -0.4 is 10.6 Å². The van der Waals surface area contributed by atoms with Crippen LogP contribution in [-0.4, -0.2) is 46.0 Å². The Morgan fingerprint density at radius 2 is 2.09 bits per heavy atom. The molecule has 0 bridgehead atoms. The van der Waals surface area contributed by atoms with Crippen molar-refractivity contribution in [3.05, 3.63) is 48.0 Å². The topological polar surface area (TPSA) is 87.4 Å². The van der Waals surface area contributed by atoms with Crippen LogP contribution in [0.1, 0.15) is 17.3 Å². The monoisotopic (exact) mass is 302 g/mol. The van der Waals surface area contributed by atoms with Gasteiger partial charge in [0.1, 0.15) is 6.33 Å². The van der Waals surface area contributed by atoms with Gasteiger partial charge in [0.15, 0.2) is 11.8 Å². The SMILES string of the molecule is CN=C(NCc1nncn1C)NCC(CO)c1ccccc1. The molecule has 1 unspecified atom stereocenters. The maximum Gasteiger partial charge on any atom is 0.191 e. The van der Waals surface area contributed by atoms with Crippen molar-refractivity contribution in [2.45, 2.75) is 12.5 Å². The van der Waals surface area contributed by atoms with Gasteiger partial charge in [0, 0.05) is 26.6 Å². The van der Waals surface area contributed by atoms with Crippen LogP contribution in [-0.2, 0) is 13.6 Å². The van der Waals surface area contributed by atoms with Gasteiger partial charge in [-0.15, -0.1) is 10.2 Å². The van der Waals surface area contributed by atoms with Crippen molar-refractivity contribution in [1.82, 2.24) is 25.4 Å².